The van der Waals surface area contributed by atoms with Crippen molar-refractivity contribution in [3.8, 4) is 6.07 Å². The van der Waals surface area contributed by atoms with Gasteiger partial charge in [0.1, 0.15) is 23.4 Å². The monoisotopic (exact) mass is 422 g/mol. The Morgan fingerprint density at radius 3 is 2.52 bits per heavy atom. The van der Waals surface area contributed by atoms with E-state index in [1.165, 1.54) is 17.1 Å². The minimum absolute atomic E-state index is 0.0907. The number of fused-ring (bicyclic) bond motifs is 1. The lowest BCUT2D eigenvalue weighted by Crippen LogP contribution is -2.33. The first-order chi connectivity index (χ1) is 15.0. The lowest BCUT2D eigenvalue weighted by atomic mass is 10.0. The average molecular weight is 422 g/mol. The average Bonchev–Trinajstić information content (AvgIpc) is 3.47. The Morgan fingerprint density at radius 2 is 1.84 bits per heavy atom. The summed E-state index contributed by atoms with van der Waals surface area (Å²) in [5.74, 6) is -0.361. The highest BCUT2D eigenvalue weighted by Crippen LogP contribution is 2.44. The molecule has 1 saturated carbocycles. The Hall–Kier alpha value is -3.41. The molecule has 4 atom stereocenters. The Bertz CT molecular complexity index is 1070. The smallest absolute Gasteiger partial charge is 0.246 e. The molecule has 0 spiro atoms. The van der Waals surface area contributed by atoms with Crippen LogP contribution < -0.4 is 4.90 Å². The van der Waals surface area contributed by atoms with E-state index < -0.39 is 17.7 Å². The van der Waals surface area contributed by atoms with Crippen LogP contribution in [0.25, 0.3) is 0 Å². The van der Waals surface area contributed by atoms with E-state index >= 15 is 0 Å². The van der Waals surface area contributed by atoms with Crippen molar-refractivity contribution in [1.82, 2.24) is 15.0 Å². The normalized spacial score (nSPS) is 26.9. The van der Waals surface area contributed by atoms with Gasteiger partial charge in [-0.3, -0.25) is 4.79 Å². The molecule has 0 unspecified atom stereocenters. The molecule has 158 valence electrons. The van der Waals surface area contributed by atoms with Gasteiger partial charge in [0.05, 0.1) is 6.04 Å². The number of anilines is 1. The second-order valence-corrected chi connectivity index (χ2v) is 8.38. The highest BCUT2D eigenvalue weighted by molar-refractivity contribution is 5.82. The summed E-state index contributed by atoms with van der Waals surface area (Å²) >= 11 is 0. The number of hydrogen-bond donors (Lipinski definition) is 0. The van der Waals surface area contributed by atoms with Crippen LogP contribution >= 0.6 is 0 Å². The molecule has 2 aliphatic heterocycles. The van der Waals surface area contributed by atoms with Crippen molar-refractivity contribution < 1.29 is 13.6 Å². The van der Waals surface area contributed by atoms with E-state index in [0.717, 1.165) is 32.0 Å². The van der Waals surface area contributed by atoms with Crippen molar-refractivity contribution in [3.63, 3.8) is 0 Å². The summed E-state index contributed by atoms with van der Waals surface area (Å²) in [6, 6.07) is 6.48. The van der Waals surface area contributed by atoms with Crippen LogP contribution in [0.15, 0.2) is 35.6 Å². The molecule has 3 heterocycles. The topological polar surface area (TPSA) is 85.5 Å². The van der Waals surface area contributed by atoms with Gasteiger partial charge in [0.25, 0.3) is 0 Å². The maximum Gasteiger partial charge on any atom is 0.246 e. The molecule has 0 N–H and O–H groups in total. The van der Waals surface area contributed by atoms with Crippen LogP contribution in [0.5, 0.6) is 0 Å². The van der Waals surface area contributed by atoms with E-state index in [9.17, 15) is 13.6 Å². The number of amides is 1. The molecule has 2 aromatic rings. The minimum Gasteiger partial charge on any atom is -0.340 e. The number of aromatic nitrogens is 2. The predicted molar refractivity (Wildman–Crippen MR) is 108 cm³/mol. The summed E-state index contributed by atoms with van der Waals surface area (Å²) < 4.78 is 27.3. The number of nitriles is 1. The van der Waals surface area contributed by atoms with Gasteiger partial charge >= 0.3 is 0 Å². The van der Waals surface area contributed by atoms with Gasteiger partial charge in [0, 0.05) is 43.9 Å². The lowest BCUT2D eigenvalue weighted by molar-refractivity contribution is -0.137. The predicted octanol–water partition coefficient (Wildman–Crippen LogP) is 3.05. The van der Waals surface area contributed by atoms with Gasteiger partial charge < -0.3 is 4.90 Å². The van der Waals surface area contributed by atoms with Gasteiger partial charge in [-0.1, -0.05) is 0 Å². The fourth-order valence-corrected chi connectivity index (χ4v) is 5.09. The SMILES string of the molecule is N#Cc1ccnc(N2C[C@H]3C[C@H](C(=O)N4N=CC[C@H]4c4cc(F)cc(F)c4)C[C@H]3C2)n1. The second-order valence-electron chi connectivity index (χ2n) is 8.38. The molecule has 0 bridgehead atoms. The van der Waals surface area contributed by atoms with Crippen LogP contribution in [-0.4, -0.2) is 40.2 Å². The molecule has 5 rings (SSSR count). The number of rotatable bonds is 3. The van der Waals surface area contributed by atoms with Gasteiger partial charge in [0.2, 0.25) is 11.9 Å². The second kappa shape index (κ2) is 7.69. The van der Waals surface area contributed by atoms with Crippen molar-refractivity contribution in [2.45, 2.75) is 25.3 Å². The van der Waals surface area contributed by atoms with Gasteiger partial charge in [-0.05, 0) is 48.4 Å². The summed E-state index contributed by atoms with van der Waals surface area (Å²) in [5, 5.41) is 14.7. The Labute approximate surface area is 178 Å². The third-order valence-electron chi connectivity index (χ3n) is 6.47. The summed E-state index contributed by atoms with van der Waals surface area (Å²) in [5.41, 5.74) is 0.754. The fraction of sp³-hybridized carbons (Fsp3) is 0.409. The first-order valence-corrected chi connectivity index (χ1v) is 10.3. The number of benzene rings is 1. The number of hydrazone groups is 1. The standard InChI is InChI=1S/C22H20F2N6O/c23-17-7-13(8-18(24)9-17)20-2-4-27-30(20)21(31)14-5-15-11-29(12-16(15)6-14)22-26-3-1-19(10-25)28-22/h1,3-4,7-9,14-16,20H,2,5-6,11-12H2/t14-,15+,16-,20-/m0/s1. The maximum atomic E-state index is 13.7. The number of hydrogen-bond acceptors (Lipinski definition) is 6. The quantitative estimate of drug-likeness (QED) is 0.759. The van der Waals surface area contributed by atoms with E-state index in [-0.39, 0.29) is 11.8 Å². The van der Waals surface area contributed by atoms with Crippen LogP contribution in [0.3, 0.4) is 0 Å². The molecule has 1 aromatic heterocycles. The van der Waals surface area contributed by atoms with Crippen molar-refractivity contribution in [2.24, 2.45) is 22.9 Å². The number of carbonyl (C=O) groups is 1. The largest absolute Gasteiger partial charge is 0.340 e. The minimum atomic E-state index is -0.660. The summed E-state index contributed by atoms with van der Waals surface area (Å²) in [6.45, 7) is 1.48. The zero-order valence-electron chi connectivity index (χ0n) is 16.7. The molecule has 31 heavy (non-hydrogen) atoms. The van der Waals surface area contributed by atoms with Gasteiger partial charge in [-0.25, -0.2) is 23.8 Å². The van der Waals surface area contributed by atoms with E-state index in [1.807, 2.05) is 6.07 Å². The van der Waals surface area contributed by atoms with E-state index in [2.05, 4.69) is 20.0 Å². The fourth-order valence-electron chi connectivity index (χ4n) is 5.09. The third-order valence-corrected chi connectivity index (χ3v) is 6.47. The van der Waals surface area contributed by atoms with Crippen LogP contribution in [0.1, 0.15) is 36.6 Å². The third kappa shape index (κ3) is 3.63. The van der Waals surface area contributed by atoms with Crippen molar-refractivity contribution in [1.29, 1.82) is 5.26 Å². The molecule has 3 aliphatic rings. The molecule has 2 fully saturated rings. The number of halogens is 2. The Morgan fingerprint density at radius 1 is 1.13 bits per heavy atom. The molecular weight excluding hydrogens is 402 g/mol. The Kier molecular flexibility index (Phi) is 4.85. The molecule has 1 aromatic carbocycles. The summed E-state index contributed by atoms with van der Waals surface area (Å²) in [6.07, 6.45) is 5.11. The van der Waals surface area contributed by atoms with E-state index in [1.54, 1.807) is 18.5 Å². The highest BCUT2D eigenvalue weighted by Gasteiger charge is 2.46. The zero-order valence-corrected chi connectivity index (χ0v) is 16.7. The molecule has 7 nitrogen and oxygen atoms in total. The first-order valence-electron chi connectivity index (χ1n) is 10.3. The maximum absolute atomic E-state index is 13.7. The van der Waals surface area contributed by atoms with Crippen LogP contribution in [0.4, 0.5) is 14.7 Å². The summed E-state index contributed by atoms with van der Waals surface area (Å²) in [7, 11) is 0. The van der Waals surface area contributed by atoms with Crippen LogP contribution in [-0.2, 0) is 4.79 Å². The molecule has 1 saturated heterocycles. The van der Waals surface area contributed by atoms with Crippen molar-refractivity contribution in [3.05, 3.63) is 53.4 Å². The van der Waals surface area contributed by atoms with Crippen molar-refractivity contribution in [2.75, 3.05) is 18.0 Å². The van der Waals surface area contributed by atoms with Gasteiger partial charge in [0.15, 0.2) is 0 Å². The van der Waals surface area contributed by atoms with Gasteiger partial charge in [-0.2, -0.15) is 10.4 Å². The van der Waals surface area contributed by atoms with Crippen LogP contribution in [0, 0.1) is 40.7 Å². The summed E-state index contributed by atoms with van der Waals surface area (Å²) in [4.78, 5) is 23.8. The van der Waals surface area contributed by atoms with Crippen molar-refractivity contribution >= 4 is 18.1 Å². The Balaban J connectivity index is 1.26. The molecule has 0 radical (unpaired) electrons. The van der Waals surface area contributed by atoms with Crippen LogP contribution in [0.2, 0.25) is 0 Å². The first kappa shape index (κ1) is 19.5. The van der Waals surface area contributed by atoms with E-state index in [4.69, 9.17) is 5.26 Å². The van der Waals surface area contributed by atoms with E-state index in [0.29, 0.717) is 35.5 Å². The highest BCUT2D eigenvalue weighted by atomic mass is 19.1. The van der Waals surface area contributed by atoms with Gasteiger partial charge in [-0.15, -0.1) is 0 Å². The zero-order chi connectivity index (χ0) is 21.5. The number of carbonyl (C=O) groups excluding carboxylic acids is 1. The molecule has 1 amide bonds. The number of nitrogens with zero attached hydrogens (tertiary/aromatic N) is 6. The molecule has 9 heteroatoms. The molecular formula is C22H20F2N6O. The molecule has 1 aliphatic carbocycles. The lowest BCUT2D eigenvalue weighted by Gasteiger charge is -2.26.